The fourth-order valence-electron chi connectivity index (χ4n) is 4.26. The third-order valence-electron chi connectivity index (χ3n) is 6.16. The lowest BCUT2D eigenvalue weighted by Gasteiger charge is -2.11. The number of anilines is 1. The van der Waals surface area contributed by atoms with Gasteiger partial charge in [0.2, 0.25) is 5.95 Å². The molecule has 2 aromatic carbocycles. The first kappa shape index (κ1) is 20.8. The second-order valence-corrected chi connectivity index (χ2v) is 8.42. The van der Waals surface area contributed by atoms with E-state index in [1.54, 1.807) is 7.05 Å². The number of aromatic amines is 1. The van der Waals surface area contributed by atoms with E-state index >= 15 is 0 Å². The quantitative estimate of drug-likeness (QED) is 0.423. The maximum atomic E-state index is 13.0. The van der Waals surface area contributed by atoms with Crippen molar-refractivity contribution in [3.05, 3.63) is 92.3 Å². The Morgan fingerprint density at radius 2 is 1.76 bits per heavy atom. The van der Waals surface area contributed by atoms with Crippen molar-refractivity contribution in [2.45, 2.75) is 19.9 Å². The van der Waals surface area contributed by atoms with Crippen LogP contribution in [0.25, 0.3) is 22.1 Å². The van der Waals surface area contributed by atoms with Crippen LogP contribution >= 0.6 is 0 Å². The first-order valence-corrected chi connectivity index (χ1v) is 10.9. The third kappa shape index (κ3) is 3.63. The van der Waals surface area contributed by atoms with Gasteiger partial charge in [0.1, 0.15) is 0 Å². The molecule has 0 amide bonds. The fourth-order valence-corrected chi connectivity index (χ4v) is 4.26. The molecule has 8 nitrogen and oxygen atoms in total. The summed E-state index contributed by atoms with van der Waals surface area (Å²) in [5, 5.41) is 4.60. The Balaban J connectivity index is 1.53. The number of nitrogens with zero attached hydrogens (tertiary/aromatic N) is 4. The van der Waals surface area contributed by atoms with Gasteiger partial charge in [-0.15, -0.1) is 0 Å². The Bertz CT molecular complexity index is 1580. The summed E-state index contributed by atoms with van der Waals surface area (Å²) >= 11 is 0. The molecule has 0 saturated heterocycles. The summed E-state index contributed by atoms with van der Waals surface area (Å²) in [6, 6.07) is 16.4. The Morgan fingerprint density at radius 1 is 1.00 bits per heavy atom. The first-order valence-electron chi connectivity index (χ1n) is 10.9. The molecule has 2 N–H and O–H groups in total. The van der Waals surface area contributed by atoms with Crippen LogP contribution in [0.5, 0.6) is 0 Å². The van der Waals surface area contributed by atoms with Gasteiger partial charge in [0.05, 0.1) is 6.54 Å². The average molecular weight is 443 g/mol. The van der Waals surface area contributed by atoms with Crippen molar-refractivity contribution in [2.24, 2.45) is 14.1 Å². The Hall–Kier alpha value is -4.07. The highest BCUT2D eigenvalue weighted by Crippen LogP contribution is 2.20. The van der Waals surface area contributed by atoms with Crippen molar-refractivity contribution >= 4 is 28.0 Å². The van der Waals surface area contributed by atoms with Gasteiger partial charge in [-0.3, -0.25) is 18.5 Å². The van der Waals surface area contributed by atoms with E-state index in [0.717, 1.165) is 22.1 Å². The van der Waals surface area contributed by atoms with Gasteiger partial charge in [0.25, 0.3) is 5.56 Å². The minimum Gasteiger partial charge on any atom is -0.361 e. The number of aryl methyl sites for hydroxylation is 2. The molecule has 8 heteroatoms. The molecule has 168 valence electrons. The van der Waals surface area contributed by atoms with Crippen LogP contribution in [0.1, 0.15) is 16.7 Å². The van der Waals surface area contributed by atoms with E-state index in [1.807, 2.05) is 54.1 Å². The van der Waals surface area contributed by atoms with Crippen LogP contribution in [0.2, 0.25) is 0 Å². The summed E-state index contributed by atoms with van der Waals surface area (Å²) in [6.07, 6.45) is 2.82. The number of benzene rings is 2. The van der Waals surface area contributed by atoms with Crippen molar-refractivity contribution in [1.82, 2.24) is 23.7 Å². The second-order valence-electron chi connectivity index (χ2n) is 8.42. The topological polar surface area (TPSA) is 89.6 Å². The smallest absolute Gasteiger partial charge is 0.332 e. The number of H-pyrrole nitrogens is 1. The lowest BCUT2D eigenvalue weighted by atomic mass is 10.1. The van der Waals surface area contributed by atoms with E-state index in [-0.39, 0.29) is 5.56 Å². The molecule has 3 heterocycles. The molecular formula is C25H26N6O2. The number of para-hydroxylation sites is 1. The van der Waals surface area contributed by atoms with E-state index in [0.29, 0.717) is 30.2 Å². The van der Waals surface area contributed by atoms with Crippen LogP contribution in [0.4, 0.5) is 5.95 Å². The van der Waals surface area contributed by atoms with Gasteiger partial charge < -0.3 is 10.3 Å². The van der Waals surface area contributed by atoms with Crippen molar-refractivity contribution < 1.29 is 0 Å². The second kappa shape index (κ2) is 8.12. The van der Waals surface area contributed by atoms with E-state index in [4.69, 9.17) is 0 Å². The van der Waals surface area contributed by atoms with Crippen LogP contribution < -0.4 is 16.6 Å². The van der Waals surface area contributed by atoms with Crippen LogP contribution in [0.15, 0.2) is 64.3 Å². The molecule has 33 heavy (non-hydrogen) atoms. The normalized spacial score (nSPS) is 11.5. The average Bonchev–Trinajstić information content (AvgIpc) is 3.40. The molecule has 3 aromatic heterocycles. The lowest BCUT2D eigenvalue weighted by Crippen LogP contribution is -2.37. The van der Waals surface area contributed by atoms with Crippen molar-refractivity contribution in [3.8, 4) is 0 Å². The number of hydrogen-bond acceptors (Lipinski definition) is 4. The zero-order valence-corrected chi connectivity index (χ0v) is 18.9. The molecule has 0 aliphatic heterocycles. The lowest BCUT2D eigenvalue weighted by molar-refractivity contribution is 0.702. The zero-order valence-electron chi connectivity index (χ0n) is 18.9. The molecule has 5 aromatic rings. The highest BCUT2D eigenvalue weighted by molar-refractivity contribution is 5.83. The van der Waals surface area contributed by atoms with Crippen molar-refractivity contribution in [1.29, 1.82) is 0 Å². The maximum Gasteiger partial charge on any atom is 0.332 e. The predicted molar refractivity (Wildman–Crippen MR) is 131 cm³/mol. The van der Waals surface area contributed by atoms with Crippen LogP contribution in [-0.2, 0) is 27.1 Å². The number of imidazole rings is 1. The van der Waals surface area contributed by atoms with Crippen LogP contribution in [0, 0.1) is 6.92 Å². The molecule has 0 bridgehead atoms. The monoisotopic (exact) mass is 442 g/mol. The molecule has 5 rings (SSSR count). The zero-order chi connectivity index (χ0) is 23.1. The van der Waals surface area contributed by atoms with Crippen molar-refractivity contribution in [3.63, 3.8) is 0 Å². The van der Waals surface area contributed by atoms with Gasteiger partial charge in [-0.25, -0.2) is 4.79 Å². The Labute approximate surface area is 190 Å². The predicted octanol–water partition coefficient (Wildman–Crippen LogP) is 2.93. The highest BCUT2D eigenvalue weighted by Gasteiger charge is 2.19. The number of nitrogens with one attached hydrogen (secondary N) is 2. The molecule has 0 aliphatic rings. The van der Waals surface area contributed by atoms with Gasteiger partial charge in [-0.1, -0.05) is 48.0 Å². The van der Waals surface area contributed by atoms with Crippen molar-refractivity contribution in [2.75, 3.05) is 11.9 Å². The number of fused-ring (bicyclic) bond motifs is 2. The summed E-state index contributed by atoms with van der Waals surface area (Å²) in [6.45, 7) is 3.15. The largest absolute Gasteiger partial charge is 0.361 e. The molecule has 0 saturated carbocycles. The van der Waals surface area contributed by atoms with Crippen LogP contribution in [0.3, 0.4) is 0 Å². The summed E-state index contributed by atoms with van der Waals surface area (Å²) in [5.41, 5.74) is 4.59. The van der Waals surface area contributed by atoms with Gasteiger partial charge >= 0.3 is 5.69 Å². The van der Waals surface area contributed by atoms with E-state index < -0.39 is 5.69 Å². The number of aromatic nitrogens is 5. The molecule has 0 spiro atoms. The minimum atomic E-state index is -0.391. The van der Waals surface area contributed by atoms with E-state index in [2.05, 4.69) is 27.4 Å². The molecule has 0 unspecified atom stereocenters. The SMILES string of the molecule is Cc1ccc(Cn2c(NCCc3c[nH]c4ccccc34)nc3c2c(=O)n(C)c(=O)n3C)cc1. The summed E-state index contributed by atoms with van der Waals surface area (Å²) in [4.78, 5) is 33.5. The molecule has 0 aliphatic carbocycles. The minimum absolute atomic E-state index is 0.350. The summed E-state index contributed by atoms with van der Waals surface area (Å²) in [5.74, 6) is 0.573. The van der Waals surface area contributed by atoms with Gasteiger partial charge in [0, 0.05) is 37.7 Å². The molecule has 0 fully saturated rings. The summed E-state index contributed by atoms with van der Waals surface area (Å²) < 4.78 is 4.43. The number of rotatable bonds is 6. The van der Waals surface area contributed by atoms with Gasteiger partial charge in [-0.2, -0.15) is 4.98 Å². The Kier molecular flexibility index (Phi) is 5.12. The Morgan fingerprint density at radius 3 is 2.55 bits per heavy atom. The van der Waals surface area contributed by atoms with Gasteiger partial charge in [0.15, 0.2) is 11.2 Å². The number of hydrogen-bond donors (Lipinski definition) is 2. The maximum absolute atomic E-state index is 13.0. The standard InChI is InChI=1S/C25H26N6O2/c1-16-8-10-17(11-9-16)15-31-21-22(29(2)25(33)30(3)23(21)32)28-24(31)26-13-12-18-14-27-20-7-5-4-6-19(18)20/h4-11,14,27H,12-13,15H2,1-3H3,(H,26,28). The molecule has 0 radical (unpaired) electrons. The first-order chi connectivity index (χ1) is 15.9. The fraction of sp³-hybridized carbons (Fsp3) is 0.240. The molecular weight excluding hydrogens is 416 g/mol. The van der Waals surface area contributed by atoms with Gasteiger partial charge in [-0.05, 0) is 30.5 Å². The molecule has 0 atom stereocenters. The third-order valence-corrected chi connectivity index (χ3v) is 6.16. The van der Waals surface area contributed by atoms with Crippen LogP contribution in [-0.4, -0.2) is 30.2 Å². The highest BCUT2D eigenvalue weighted by atomic mass is 16.2. The van der Waals surface area contributed by atoms with E-state index in [9.17, 15) is 9.59 Å². The van der Waals surface area contributed by atoms with E-state index in [1.165, 1.54) is 28.1 Å². The summed E-state index contributed by atoms with van der Waals surface area (Å²) in [7, 11) is 3.14.